The third-order valence-electron chi connectivity index (χ3n) is 4.50. The van der Waals surface area contributed by atoms with Crippen LogP contribution in [0.1, 0.15) is 44.7 Å². The topological polar surface area (TPSA) is 66.3 Å². The standard InChI is InChI=1S/C16H27N3O2/c1-13(7-8-14-6-5-11-19(14)2)17-15(21)18-16(12-20)9-3-4-10-16/h5-6,11,13,20H,3-4,7-10,12H2,1-2H3,(H2,17,18,21). The van der Waals surface area contributed by atoms with E-state index in [4.69, 9.17) is 0 Å². The molecule has 1 fully saturated rings. The molecule has 1 aliphatic carbocycles. The summed E-state index contributed by atoms with van der Waals surface area (Å²) in [6.07, 6.45) is 7.76. The molecule has 5 nitrogen and oxygen atoms in total. The number of aryl methyl sites for hydroxylation is 2. The van der Waals surface area contributed by atoms with Gasteiger partial charge < -0.3 is 20.3 Å². The van der Waals surface area contributed by atoms with Gasteiger partial charge in [-0.3, -0.25) is 0 Å². The Bertz CT molecular complexity index is 464. The molecule has 118 valence electrons. The quantitative estimate of drug-likeness (QED) is 0.750. The van der Waals surface area contributed by atoms with Crippen LogP contribution in [0.15, 0.2) is 18.3 Å². The van der Waals surface area contributed by atoms with Gasteiger partial charge in [0.2, 0.25) is 0 Å². The summed E-state index contributed by atoms with van der Waals surface area (Å²) in [5.41, 5.74) is 0.869. The Labute approximate surface area is 126 Å². The Balaban J connectivity index is 1.75. The summed E-state index contributed by atoms with van der Waals surface area (Å²) in [6.45, 7) is 2.04. The maximum atomic E-state index is 12.1. The Morgan fingerprint density at radius 1 is 1.48 bits per heavy atom. The lowest BCUT2D eigenvalue weighted by Gasteiger charge is -2.29. The third-order valence-corrected chi connectivity index (χ3v) is 4.50. The van der Waals surface area contributed by atoms with Crippen molar-refractivity contribution in [3.8, 4) is 0 Å². The Morgan fingerprint density at radius 3 is 2.76 bits per heavy atom. The predicted octanol–water partition coefficient (Wildman–Crippen LogP) is 1.95. The molecule has 5 heteroatoms. The number of amides is 2. The van der Waals surface area contributed by atoms with Crippen LogP contribution in [-0.4, -0.2) is 33.9 Å². The summed E-state index contributed by atoms with van der Waals surface area (Å²) in [4.78, 5) is 12.1. The summed E-state index contributed by atoms with van der Waals surface area (Å²) in [7, 11) is 2.03. The highest BCUT2D eigenvalue weighted by Gasteiger charge is 2.34. The van der Waals surface area contributed by atoms with E-state index in [9.17, 15) is 9.90 Å². The highest BCUT2D eigenvalue weighted by Crippen LogP contribution is 2.28. The monoisotopic (exact) mass is 293 g/mol. The molecule has 1 aliphatic rings. The highest BCUT2D eigenvalue weighted by atomic mass is 16.3. The molecule has 1 aromatic heterocycles. The number of aromatic nitrogens is 1. The first-order valence-corrected chi connectivity index (χ1v) is 7.84. The van der Waals surface area contributed by atoms with Crippen LogP contribution in [0.5, 0.6) is 0 Å². The third kappa shape index (κ3) is 4.24. The van der Waals surface area contributed by atoms with E-state index in [0.29, 0.717) is 0 Å². The number of rotatable bonds is 6. The molecule has 21 heavy (non-hydrogen) atoms. The second-order valence-electron chi connectivity index (χ2n) is 6.29. The molecule has 0 saturated heterocycles. The van der Waals surface area contributed by atoms with Crippen LogP contribution in [-0.2, 0) is 13.5 Å². The van der Waals surface area contributed by atoms with Crippen molar-refractivity contribution in [3.63, 3.8) is 0 Å². The van der Waals surface area contributed by atoms with Crippen molar-refractivity contribution < 1.29 is 9.90 Å². The fraction of sp³-hybridized carbons (Fsp3) is 0.688. The fourth-order valence-electron chi connectivity index (χ4n) is 3.07. The van der Waals surface area contributed by atoms with Crippen LogP contribution in [0.4, 0.5) is 4.79 Å². The van der Waals surface area contributed by atoms with Crippen molar-refractivity contribution in [1.29, 1.82) is 0 Å². The normalized spacial score (nSPS) is 18.4. The summed E-state index contributed by atoms with van der Waals surface area (Å²) in [5, 5.41) is 15.5. The number of carbonyl (C=O) groups is 1. The van der Waals surface area contributed by atoms with Gasteiger partial charge in [-0.2, -0.15) is 0 Å². The summed E-state index contributed by atoms with van der Waals surface area (Å²) in [6, 6.07) is 4.08. The number of hydrogen-bond donors (Lipinski definition) is 3. The lowest BCUT2D eigenvalue weighted by atomic mass is 9.99. The minimum Gasteiger partial charge on any atom is -0.394 e. The van der Waals surface area contributed by atoms with Crippen LogP contribution < -0.4 is 10.6 Å². The second kappa shape index (κ2) is 6.98. The van der Waals surface area contributed by atoms with Gasteiger partial charge in [-0.1, -0.05) is 12.8 Å². The van der Waals surface area contributed by atoms with Gasteiger partial charge in [0.15, 0.2) is 0 Å². The van der Waals surface area contributed by atoms with E-state index >= 15 is 0 Å². The Morgan fingerprint density at radius 2 is 2.19 bits per heavy atom. The number of nitrogens with one attached hydrogen (secondary N) is 2. The minimum atomic E-state index is -0.401. The van der Waals surface area contributed by atoms with E-state index in [1.807, 2.05) is 26.2 Å². The summed E-state index contributed by atoms with van der Waals surface area (Å²) < 4.78 is 2.10. The van der Waals surface area contributed by atoms with Gasteiger partial charge in [0.25, 0.3) is 0 Å². The first-order valence-electron chi connectivity index (χ1n) is 7.84. The second-order valence-corrected chi connectivity index (χ2v) is 6.29. The Hall–Kier alpha value is -1.49. The van der Waals surface area contributed by atoms with Crippen molar-refractivity contribution in [2.24, 2.45) is 7.05 Å². The van der Waals surface area contributed by atoms with Crippen molar-refractivity contribution >= 4 is 6.03 Å². The van der Waals surface area contributed by atoms with Crippen LogP contribution in [0.3, 0.4) is 0 Å². The lowest BCUT2D eigenvalue weighted by Crippen LogP contribution is -2.54. The van der Waals surface area contributed by atoms with Crippen molar-refractivity contribution in [3.05, 3.63) is 24.0 Å². The highest BCUT2D eigenvalue weighted by molar-refractivity contribution is 5.75. The van der Waals surface area contributed by atoms with Crippen molar-refractivity contribution in [2.45, 2.75) is 57.0 Å². The molecule has 1 aromatic rings. The number of aliphatic hydroxyl groups excluding tert-OH is 1. The fourth-order valence-corrected chi connectivity index (χ4v) is 3.07. The van der Waals surface area contributed by atoms with E-state index in [1.165, 1.54) is 5.69 Å². The number of nitrogens with zero attached hydrogens (tertiary/aromatic N) is 1. The van der Waals surface area contributed by atoms with E-state index in [-0.39, 0.29) is 18.7 Å². The van der Waals surface area contributed by atoms with Gasteiger partial charge in [-0.15, -0.1) is 0 Å². The molecule has 2 amide bonds. The van der Waals surface area contributed by atoms with Crippen LogP contribution >= 0.6 is 0 Å². The van der Waals surface area contributed by atoms with Crippen LogP contribution in [0.25, 0.3) is 0 Å². The Kier molecular flexibility index (Phi) is 5.28. The molecular formula is C16H27N3O2. The van der Waals surface area contributed by atoms with E-state index < -0.39 is 5.54 Å². The predicted molar refractivity (Wildman–Crippen MR) is 83.1 cm³/mol. The lowest BCUT2D eigenvalue weighted by molar-refractivity contribution is 0.161. The maximum absolute atomic E-state index is 12.1. The molecule has 0 bridgehead atoms. The van der Waals surface area contributed by atoms with E-state index in [1.54, 1.807) is 0 Å². The van der Waals surface area contributed by atoms with E-state index in [0.717, 1.165) is 38.5 Å². The zero-order valence-electron chi connectivity index (χ0n) is 13.1. The van der Waals surface area contributed by atoms with Gasteiger partial charge in [0.1, 0.15) is 0 Å². The number of carbonyl (C=O) groups excluding carboxylic acids is 1. The SMILES string of the molecule is CC(CCc1cccn1C)NC(=O)NC1(CO)CCCC1. The number of urea groups is 1. The van der Waals surface area contributed by atoms with Gasteiger partial charge in [0.05, 0.1) is 12.1 Å². The number of aliphatic hydroxyl groups is 1. The summed E-state index contributed by atoms with van der Waals surface area (Å²) in [5.74, 6) is 0. The first-order chi connectivity index (χ1) is 10.0. The van der Waals surface area contributed by atoms with Gasteiger partial charge in [-0.25, -0.2) is 4.79 Å². The average molecular weight is 293 g/mol. The number of hydrogen-bond acceptors (Lipinski definition) is 2. The molecule has 0 radical (unpaired) electrons. The molecule has 1 unspecified atom stereocenters. The maximum Gasteiger partial charge on any atom is 0.315 e. The zero-order chi connectivity index (χ0) is 15.3. The van der Waals surface area contributed by atoms with Gasteiger partial charge in [-0.05, 0) is 44.7 Å². The molecule has 0 aliphatic heterocycles. The van der Waals surface area contributed by atoms with Gasteiger partial charge >= 0.3 is 6.03 Å². The molecule has 0 spiro atoms. The molecule has 2 rings (SSSR count). The minimum absolute atomic E-state index is 0.0259. The summed E-state index contributed by atoms with van der Waals surface area (Å²) >= 11 is 0. The molecule has 1 heterocycles. The van der Waals surface area contributed by atoms with Gasteiger partial charge in [0, 0.05) is 25.0 Å². The van der Waals surface area contributed by atoms with Crippen molar-refractivity contribution in [1.82, 2.24) is 15.2 Å². The zero-order valence-corrected chi connectivity index (χ0v) is 13.1. The van der Waals surface area contributed by atoms with Crippen LogP contribution in [0.2, 0.25) is 0 Å². The molecule has 1 atom stereocenters. The smallest absolute Gasteiger partial charge is 0.315 e. The molecule has 0 aromatic carbocycles. The molecule has 1 saturated carbocycles. The van der Waals surface area contributed by atoms with Crippen molar-refractivity contribution in [2.75, 3.05) is 6.61 Å². The largest absolute Gasteiger partial charge is 0.394 e. The molecule has 3 N–H and O–H groups in total. The van der Waals surface area contributed by atoms with Crippen LogP contribution in [0, 0.1) is 0 Å². The average Bonchev–Trinajstić information content (AvgIpc) is 3.06. The molecular weight excluding hydrogens is 266 g/mol. The first kappa shape index (κ1) is 15.9. The van der Waals surface area contributed by atoms with E-state index in [2.05, 4.69) is 21.3 Å².